The number of anilines is 2. The van der Waals surface area contributed by atoms with E-state index >= 15 is 0 Å². The van der Waals surface area contributed by atoms with E-state index in [-0.39, 0.29) is 0 Å². The highest BCUT2D eigenvalue weighted by Crippen LogP contribution is 2.31. The molecule has 6 rings (SSSR count). The van der Waals surface area contributed by atoms with E-state index < -0.39 is 0 Å². The number of nitrogens with one attached hydrogen (secondary N) is 1. The lowest BCUT2D eigenvalue weighted by Gasteiger charge is -2.51. The van der Waals surface area contributed by atoms with Crippen molar-refractivity contribution in [2.45, 2.75) is 25.4 Å². The van der Waals surface area contributed by atoms with E-state index in [1.54, 1.807) is 6.20 Å². The summed E-state index contributed by atoms with van der Waals surface area (Å²) in [7, 11) is 0. The second-order valence-corrected chi connectivity index (χ2v) is 10.6. The summed E-state index contributed by atoms with van der Waals surface area (Å²) in [5.74, 6) is 1.10. The molecule has 3 aliphatic heterocycles. The predicted molar refractivity (Wildman–Crippen MR) is 148 cm³/mol. The minimum atomic E-state index is 0.491. The third-order valence-electron chi connectivity index (χ3n) is 8.27. The van der Waals surface area contributed by atoms with Crippen LogP contribution in [-0.4, -0.2) is 97.3 Å². The first-order valence-corrected chi connectivity index (χ1v) is 13.6. The van der Waals surface area contributed by atoms with E-state index in [1.165, 1.54) is 11.3 Å². The van der Waals surface area contributed by atoms with Crippen LogP contribution < -0.4 is 15.1 Å². The number of benzene rings is 1. The molecule has 0 amide bonds. The average Bonchev–Trinajstić information content (AvgIpc) is 2.96. The van der Waals surface area contributed by atoms with E-state index in [4.69, 9.17) is 4.98 Å². The Morgan fingerprint density at radius 1 is 0.973 bits per heavy atom. The highest BCUT2D eigenvalue weighted by molar-refractivity contribution is 5.95. The molecule has 2 aromatic heterocycles. The van der Waals surface area contributed by atoms with Gasteiger partial charge in [0.15, 0.2) is 0 Å². The summed E-state index contributed by atoms with van der Waals surface area (Å²) >= 11 is 0. The van der Waals surface area contributed by atoms with Crippen LogP contribution in [-0.2, 0) is 6.42 Å². The lowest BCUT2D eigenvalue weighted by atomic mass is 10.0. The zero-order valence-electron chi connectivity index (χ0n) is 21.7. The molecule has 0 bridgehead atoms. The van der Waals surface area contributed by atoms with Crippen molar-refractivity contribution in [3.63, 3.8) is 0 Å². The molecule has 3 saturated heterocycles. The van der Waals surface area contributed by atoms with Gasteiger partial charge in [0.25, 0.3) is 0 Å². The molecule has 0 radical (unpaired) electrons. The molecule has 8 heteroatoms. The molecule has 0 spiro atoms. The molecule has 192 valence electrons. The van der Waals surface area contributed by atoms with Gasteiger partial charge in [-0.25, -0.2) is 4.98 Å². The van der Waals surface area contributed by atoms with Crippen LogP contribution in [0.2, 0.25) is 0 Å². The Morgan fingerprint density at radius 3 is 2.68 bits per heavy atom. The van der Waals surface area contributed by atoms with E-state index in [9.17, 15) is 5.26 Å². The number of rotatable bonds is 5. The first kappa shape index (κ1) is 24.1. The summed E-state index contributed by atoms with van der Waals surface area (Å²) in [6.07, 6.45) is 4.88. The van der Waals surface area contributed by atoms with Crippen molar-refractivity contribution >= 4 is 22.4 Å². The predicted octanol–water partition coefficient (Wildman–Crippen LogP) is 2.35. The molecular weight excluding hydrogens is 460 g/mol. The van der Waals surface area contributed by atoms with Crippen LogP contribution in [0.5, 0.6) is 0 Å². The van der Waals surface area contributed by atoms with Gasteiger partial charge in [-0.15, -0.1) is 0 Å². The maximum Gasteiger partial charge on any atom is 0.128 e. The van der Waals surface area contributed by atoms with Crippen LogP contribution in [0.15, 0.2) is 48.8 Å². The molecule has 2 unspecified atom stereocenters. The summed E-state index contributed by atoms with van der Waals surface area (Å²) in [5, 5.41) is 14.0. The number of hydrogen-bond donors (Lipinski definition) is 1. The van der Waals surface area contributed by atoms with Crippen molar-refractivity contribution in [3.8, 4) is 6.07 Å². The Morgan fingerprint density at radius 2 is 1.86 bits per heavy atom. The summed E-state index contributed by atoms with van der Waals surface area (Å²) in [4.78, 5) is 19.5. The minimum Gasteiger partial charge on any atom is -0.368 e. The largest absolute Gasteiger partial charge is 0.368 e. The van der Waals surface area contributed by atoms with Crippen molar-refractivity contribution in [2.24, 2.45) is 0 Å². The van der Waals surface area contributed by atoms with E-state index in [2.05, 4.69) is 73.4 Å². The first-order chi connectivity index (χ1) is 18.2. The van der Waals surface area contributed by atoms with Crippen LogP contribution in [0.3, 0.4) is 0 Å². The summed E-state index contributed by atoms with van der Waals surface area (Å²) in [6, 6.07) is 15.9. The van der Waals surface area contributed by atoms with E-state index in [0.717, 1.165) is 88.6 Å². The standard InChI is InChI=1S/C29H36N8/c1-22-19-36(27-6-5-24(17-30)29-26(27)3-2-9-32-29)21-25-20-34(15-16-37(22)25)12-8-23-4-7-28(33-18-23)35-13-10-31-11-14-35/h2-7,9,18,22,25,31H,8,10-16,19-21H2,1H3. The molecule has 3 fully saturated rings. The Hall–Kier alpha value is -3.25. The highest BCUT2D eigenvalue weighted by Gasteiger charge is 2.36. The SMILES string of the molecule is CC1CN(c2ccc(C#N)c3ncccc23)CC2CN(CCc3ccc(N4CCNCC4)nc3)CCN12. The molecule has 2 atom stereocenters. The lowest BCUT2D eigenvalue weighted by Crippen LogP contribution is -2.65. The van der Waals surface area contributed by atoms with Gasteiger partial charge in [0.1, 0.15) is 11.9 Å². The molecule has 0 aliphatic carbocycles. The normalized spacial score (nSPS) is 23.1. The van der Waals surface area contributed by atoms with Crippen LogP contribution in [0.4, 0.5) is 11.5 Å². The molecule has 37 heavy (non-hydrogen) atoms. The first-order valence-electron chi connectivity index (χ1n) is 13.6. The van der Waals surface area contributed by atoms with Crippen molar-refractivity contribution in [3.05, 3.63) is 59.9 Å². The van der Waals surface area contributed by atoms with E-state index in [0.29, 0.717) is 17.6 Å². The number of nitriles is 1. The second-order valence-electron chi connectivity index (χ2n) is 10.6. The van der Waals surface area contributed by atoms with Crippen LogP contribution in [0.25, 0.3) is 10.9 Å². The average molecular weight is 497 g/mol. The summed E-state index contributed by atoms with van der Waals surface area (Å²) in [6.45, 7) is 12.9. The quantitative estimate of drug-likeness (QED) is 0.577. The number of piperazine rings is 3. The monoisotopic (exact) mass is 496 g/mol. The van der Waals surface area contributed by atoms with Gasteiger partial charge in [0.05, 0.1) is 11.1 Å². The second kappa shape index (κ2) is 10.6. The minimum absolute atomic E-state index is 0.491. The third-order valence-corrected chi connectivity index (χ3v) is 8.27. The third kappa shape index (κ3) is 4.99. The maximum absolute atomic E-state index is 9.54. The zero-order chi connectivity index (χ0) is 25.2. The van der Waals surface area contributed by atoms with Gasteiger partial charge < -0.3 is 20.0 Å². The van der Waals surface area contributed by atoms with Gasteiger partial charge in [0.2, 0.25) is 0 Å². The zero-order valence-corrected chi connectivity index (χ0v) is 21.7. The van der Waals surface area contributed by atoms with Crippen molar-refractivity contribution in [1.82, 2.24) is 25.1 Å². The van der Waals surface area contributed by atoms with Gasteiger partial charge in [-0.05, 0) is 49.2 Å². The van der Waals surface area contributed by atoms with Crippen molar-refractivity contribution < 1.29 is 0 Å². The van der Waals surface area contributed by atoms with Gasteiger partial charge in [0, 0.05) is 101 Å². The molecule has 1 aromatic carbocycles. The Balaban J connectivity index is 1.11. The smallest absolute Gasteiger partial charge is 0.128 e. The van der Waals surface area contributed by atoms with Crippen molar-refractivity contribution in [1.29, 1.82) is 5.26 Å². The Labute approximate surface area is 219 Å². The molecule has 0 saturated carbocycles. The fraction of sp³-hybridized carbons (Fsp3) is 0.483. The number of aromatic nitrogens is 2. The lowest BCUT2D eigenvalue weighted by molar-refractivity contribution is 0.0356. The maximum atomic E-state index is 9.54. The van der Waals surface area contributed by atoms with Crippen molar-refractivity contribution in [2.75, 3.05) is 75.2 Å². The Bertz CT molecular complexity index is 1260. The van der Waals surface area contributed by atoms with Gasteiger partial charge in [-0.3, -0.25) is 9.88 Å². The number of pyridine rings is 2. The van der Waals surface area contributed by atoms with Gasteiger partial charge in [-0.1, -0.05) is 6.07 Å². The molecule has 8 nitrogen and oxygen atoms in total. The topological polar surface area (TPSA) is 74.6 Å². The summed E-state index contributed by atoms with van der Waals surface area (Å²) in [5.41, 5.74) is 3.96. The highest BCUT2D eigenvalue weighted by atomic mass is 15.4. The number of hydrogen-bond acceptors (Lipinski definition) is 8. The van der Waals surface area contributed by atoms with Gasteiger partial charge in [-0.2, -0.15) is 5.26 Å². The van der Waals surface area contributed by atoms with Crippen LogP contribution in [0, 0.1) is 11.3 Å². The molecule has 3 aromatic rings. The Kier molecular flexibility index (Phi) is 6.92. The summed E-state index contributed by atoms with van der Waals surface area (Å²) < 4.78 is 0. The molecule has 5 heterocycles. The fourth-order valence-electron chi connectivity index (χ4n) is 6.29. The van der Waals surface area contributed by atoms with Gasteiger partial charge >= 0.3 is 0 Å². The fourth-order valence-corrected chi connectivity index (χ4v) is 6.29. The molecular formula is C29H36N8. The number of nitrogens with zero attached hydrogens (tertiary/aromatic N) is 7. The van der Waals surface area contributed by atoms with E-state index in [1.807, 2.05) is 12.1 Å². The molecule has 3 aliphatic rings. The van der Waals surface area contributed by atoms with Crippen LogP contribution in [0.1, 0.15) is 18.1 Å². The number of fused-ring (bicyclic) bond motifs is 2. The molecule has 1 N–H and O–H groups in total. The van der Waals surface area contributed by atoms with Crippen LogP contribution >= 0.6 is 0 Å².